The number of furan rings is 1. The van der Waals surface area contributed by atoms with Crippen LogP contribution in [0.5, 0.6) is 0 Å². The molecule has 4 unspecified atom stereocenters. The van der Waals surface area contributed by atoms with E-state index in [1.165, 1.54) is 56.5 Å². The van der Waals surface area contributed by atoms with Gasteiger partial charge in [-0.3, -0.25) is 9.59 Å². The van der Waals surface area contributed by atoms with Gasteiger partial charge in [0.05, 0.1) is 18.1 Å². The Labute approximate surface area is 264 Å². The maximum absolute atomic E-state index is 17.6. The third-order valence-electron chi connectivity index (χ3n) is 10.5. The Bertz CT molecular complexity index is 1510. The molecule has 1 amide bonds. The lowest BCUT2D eigenvalue weighted by Crippen LogP contribution is -2.70. The Morgan fingerprint density at radius 1 is 1.20 bits per heavy atom. The minimum atomic E-state index is -2.35. The minimum Gasteiger partial charge on any atom is -0.457 e. The van der Waals surface area contributed by atoms with Crippen molar-refractivity contribution in [2.75, 3.05) is 26.5 Å². The van der Waals surface area contributed by atoms with Gasteiger partial charge in [-0.15, -0.1) is 0 Å². The van der Waals surface area contributed by atoms with Crippen molar-refractivity contribution in [2.24, 2.45) is 28.6 Å². The molecule has 0 bridgehead atoms. The van der Waals surface area contributed by atoms with Crippen molar-refractivity contribution in [3.8, 4) is 11.8 Å². The van der Waals surface area contributed by atoms with E-state index in [2.05, 4.69) is 11.8 Å². The number of fused-ring (bicyclic) bond motifs is 5. The number of hydrogen-bond acceptors (Lipinski definition) is 9. The average molecular weight is 646 g/mol. The van der Waals surface area contributed by atoms with Crippen LogP contribution in [0.25, 0.3) is 0 Å². The van der Waals surface area contributed by atoms with Crippen LogP contribution in [0.15, 0.2) is 46.6 Å². The highest BCUT2D eigenvalue weighted by Gasteiger charge is 2.78. The predicted molar refractivity (Wildman–Crippen MR) is 160 cm³/mol. The second-order valence-corrected chi connectivity index (χ2v) is 13.9. The molecule has 3 saturated carbocycles. The van der Waals surface area contributed by atoms with Gasteiger partial charge in [0.1, 0.15) is 6.17 Å². The summed E-state index contributed by atoms with van der Waals surface area (Å²) in [4.78, 5) is 52.7. The number of rotatable bonds is 5. The first-order chi connectivity index (χ1) is 21.1. The number of amides is 1. The summed E-state index contributed by atoms with van der Waals surface area (Å²) in [6, 6.07) is 2.90. The van der Waals surface area contributed by atoms with Gasteiger partial charge in [-0.1, -0.05) is 43.5 Å². The van der Waals surface area contributed by atoms with Crippen molar-refractivity contribution in [3.63, 3.8) is 0 Å². The molecule has 1 heterocycles. The van der Waals surface area contributed by atoms with Gasteiger partial charge in [0.25, 0.3) is 0 Å². The number of thioether (sulfide) groups is 1. The van der Waals surface area contributed by atoms with E-state index in [-0.39, 0.29) is 43.0 Å². The molecule has 0 saturated heterocycles. The molecule has 1 aromatic rings. The smallest absolute Gasteiger partial charge is 0.410 e. The summed E-state index contributed by atoms with van der Waals surface area (Å²) in [7, 11) is 3.06. The van der Waals surface area contributed by atoms with E-state index in [0.717, 1.165) is 17.8 Å². The minimum absolute atomic E-state index is 0.000531. The molecule has 242 valence electrons. The van der Waals surface area contributed by atoms with E-state index >= 15 is 8.78 Å². The zero-order chi connectivity index (χ0) is 32.9. The molecule has 1 aromatic heterocycles. The maximum Gasteiger partial charge on any atom is 0.410 e. The Balaban J connectivity index is 1.51. The second-order valence-electron chi connectivity index (χ2n) is 13.0. The topological polar surface area (TPSA) is 123 Å². The van der Waals surface area contributed by atoms with Crippen LogP contribution in [0.2, 0.25) is 0 Å². The van der Waals surface area contributed by atoms with Crippen LogP contribution in [0.3, 0.4) is 0 Å². The number of aliphatic hydroxyl groups excluding tert-OH is 1. The fourth-order valence-electron chi connectivity index (χ4n) is 8.35. The summed E-state index contributed by atoms with van der Waals surface area (Å²) in [5.74, 6) is 1.57. The Morgan fingerprint density at radius 2 is 1.93 bits per heavy atom. The molecule has 3 fully saturated rings. The predicted octanol–water partition coefficient (Wildman–Crippen LogP) is 4.70. The van der Waals surface area contributed by atoms with Crippen LogP contribution in [0.4, 0.5) is 13.6 Å². The van der Waals surface area contributed by atoms with Crippen molar-refractivity contribution in [1.29, 1.82) is 0 Å². The van der Waals surface area contributed by atoms with E-state index in [0.29, 0.717) is 0 Å². The largest absolute Gasteiger partial charge is 0.457 e. The van der Waals surface area contributed by atoms with Gasteiger partial charge in [0.2, 0.25) is 10.9 Å². The molecule has 0 aromatic carbocycles. The van der Waals surface area contributed by atoms with E-state index < -0.39 is 75.1 Å². The fraction of sp³-hybridized carbons (Fsp3) is 0.576. The number of hydrogen-bond donors (Lipinski definition) is 1. The van der Waals surface area contributed by atoms with Crippen molar-refractivity contribution in [1.82, 2.24) is 4.90 Å². The molecule has 45 heavy (non-hydrogen) atoms. The number of allylic oxidation sites excluding steroid dienone is 4. The number of carbonyl (C=O) groups is 4. The van der Waals surface area contributed by atoms with Crippen LogP contribution < -0.4 is 0 Å². The lowest BCUT2D eigenvalue weighted by Gasteiger charge is -2.63. The third kappa shape index (κ3) is 4.94. The van der Waals surface area contributed by atoms with Gasteiger partial charge in [-0.25, -0.2) is 18.4 Å². The number of carbonyl (C=O) groups excluding carboxylic acids is 4. The molecular formula is C33H37F2NO8S. The average Bonchev–Trinajstić information content (AvgIpc) is 3.60. The van der Waals surface area contributed by atoms with Crippen LogP contribution in [-0.4, -0.2) is 83.0 Å². The SMILES string of the molecule is C[C@@H]1CC2C3C[C@H](F)C4=CC(=O)C=C[C@]4(C)[C@@]3(F)C(O)CC2(C)[C@@]1(OC(=O)c1ccco1)C(=O)SCC#CCOC(=O)N(C)C. The first-order valence-corrected chi connectivity index (χ1v) is 15.8. The molecule has 0 radical (unpaired) electrons. The number of ether oxygens (including phenoxy) is 2. The lowest BCUT2D eigenvalue weighted by atomic mass is 9.44. The normalized spacial score (nSPS) is 38.1. The van der Waals surface area contributed by atoms with Crippen LogP contribution in [-0.2, 0) is 19.1 Å². The summed E-state index contributed by atoms with van der Waals surface area (Å²) in [6.07, 6.45) is 0.726. The van der Waals surface area contributed by atoms with Gasteiger partial charge >= 0.3 is 12.1 Å². The lowest BCUT2D eigenvalue weighted by molar-refractivity contribution is -0.221. The Kier molecular flexibility index (Phi) is 8.59. The van der Waals surface area contributed by atoms with Crippen LogP contribution in [0, 0.1) is 40.4 Å². The Hall–Kier alpha value is -3.43. The molecule has 0 aliphatic heterocycles. The van der Waals surface area contributed by atoms with Crippen molar-refractivity contribution in [2.45, 2.75) is 63.6 Å². The second kappa shape index (κ2) is 11.7. The first kappa shape index (κ1) is 32.9. The Morgan fingerprint density at radius 3 is 2.60 bits per heavy atom. The summed E-state index contributed by atoms with van der Waals surface area (Å²) < 4.78 is 49.9. The van der Waals surface area contributed by atoms with Crippen molar-refractivity contribution in [3.05, 3.63) is 48.0 Å². The highest BCUT2D eigenvalue weighted by molar-refractivity contribution is 8.14. The molecule has 9 atom stereocenters. The van der Waals surface area contributed by atoms with Crippen LogP contribution >= 0.6 is 11.8 Å². The van der Waals surface area contributed by atoms with Gasteiger partial charge < -0.3 is 23.9 Å². The highest BCUT2D eigenvalue weighted by Crippen LogP contribution is 2.72. The van der Waals surface area contributed by atoms with Crippen LogP contribution in [0.1, 0.15) is 50.6 Å². The van der Waals surface area contributed by atoms with Crippen molar-refractivity contribution < 1.29 is 47.0 Å². The van der Waals surface area contributed by atoms with E-state index in [1.807, 2.05) is 0 Å². The maximum atomic E-state index is 17.6. The molecule has 1 N–H and O–H groups in total. The van der Waals surface area contributed by atoms with E-state index in [4.69, 9.17) is 13.9 Å². The quantitative estimate of drug-likeness (QED) is 0.359. The molecule has 4 aliphatic carbocycles. The van der Waals surface area contributed by atoms with Crippen molar-refractivity contribution >= 4 is 34.7 Å². The zero-order valence-corrected chi connectivity index (χ0v) is 26.6. The number of esters is 1. The fourth-order valence-corrected chi connectivity index (χ4v) is 9.34. The van der Waals surface area contributed by atoms with Gasteiger partial charge in [0.15, 0.2) is 23.7 Å². The zero-order valence-electron chi connectivity index (χ0n) is 25.8. The number of halogens is 2. The monoisotopic (exact) mass is 645 g/mol. The number of aliphatic hydroxyl groups is 1. The van der Waals surface area contributed by atoms with Gasteiger partial charge in [-0.2, -0.15) is 0 Å². The summed E-state index contributed by atoms with van der Waals surface area (Å²) >= 11 is 0.804. The summed E-state index contributed by atoms with van der Waals surface area (Å²) in [5.41, 5.74) is -7.10. The highest BCUT2D eigenvalue weighted by atomic mass is 32.2. The number of nitrogens with zero attached hydrogens (tertiary/aromatic N) is 1. The summed E-state index contributed by atoms with van der Waals surface area (Å²) in [5, 5.41) is 11.2. The molecular weight excluding hydrogens is 608 g/mol. The first-order valence-electron chi connectivity index (χ1n) is 14.8. The van der Waals surface area contributed by atoms with E-state index in [9.17, 15) is 24.3 Å². The standard InChI is InChI=1S/C33H37F2NO8S/c1-19-15-21-22-17-24(34)23-16-20(37)10-11-30(23,2)32(22,35)26(38)18-31(21,3)33(19,44-27(39)25-9-8-13-42-25)28(40)45-14-7-6-12-43-29(41)36(4)5/h8-11,13,16,19,21-22,24,26,38H,12,14-15,17-18H2,1-5H3/t19-,21?,22?,24+,26?,30+,31?,32+,33+/m1/s1. The number of ketones is 1. The summed E-state index contributed by atoms with van der Waals surface area (Å²) in [6.45, 7) is 4.75. The molecule has 0 spiro atoms. The molecule has 12 heteroatoms. The third-order valence-corrected chi connectivity index (χ3v) is 11.3. The molecule has 4 aliphatic rings. The van der Waals surface area contributed by atoms with E-state index in [1.54, 1.807) is 13.8 Å². The van der Waals surface area contributed by atoms with Gasteiger partial charge in [0, 0.05) is 36.8 Å². The molecule has 5 rings (SSSR count). The molecule has 9 nitrogen and oxygen atoms in total. The van der Waals surface area contributed by atoms with Gasteiger partial charge in [-0.05, 0) is 62.0 Å². The number of alkyl halides is 2.